The van der Waals surface area contributed by atoms with Crippen LogP contribution in [0, 0.1) is 6.57 Å². The van der Waals surface area contributed by atoms with Crippen LogP contribution < -0.4 is 20.9 Å². The fourth-order valence-corrected chi connectivity index (χ4v) is 4.69. The molecule has 0 atom stereocenters. The average Bonchev–Trinajstić information content (AvgIpc) is 3.59. The molecule has 0 radical (unpaired) electrons. The first-order valence-corrected chi connectivity index (χ1v) is 12.2. The number of hydrogen-bond acceptors (Lipinski definition) is 5. The van der Waals surface area contributed by atoms with E-state index in [1.807, 2.05) is 36.4 Å². The number of anilines is 1. The quantitative estimate of drug-likeness (QED) is 0.333. The fourth-order valence-electron chi connectivity index (χ4n) is 4.69. The summed E-state index contributed by atoms with van der Waals surface area (Å²) in [5.74, 6) is -2.10. The lowest BCUT2D eigenvalue weighted by molar-refractivity contribution is -0.139. The van der Waals surface area contributed by atoms with Crippen LogP contribution in [0.5, 0.6) is 0 Å². The largest absolute Gasteiger partial charge is 0.447 e. The maximum atomic E-state index is 13.5. The molecule has 3 aromatic carbocycles. The van der Waals surface area contributed by atoms with E-state index >= 15 is 0 Å². The Labute approximate surface area is 218 Å². The van der Waals surface area contributed by atoms with Gasteiger partial charge in [-0.3, -0.25) is 29.4 Å². The monoisotopic (exact) mass is 511 g/mol. The highest BCUT2D eigenvalue weighted by Gasteiger charge is 2.47. The minimum absolute atomic E-state index is 0.0314. The van der Waals surface area contributed by atoms with Crippen molar-refractivity contribution in [1.82, 2.24) is 16.0 Å². The molecule has 2 aliphatic rings. The van der Waals surface area contributed by atoms with Crippen molar-refractivity contribution in [3.05, 3.63) is 88.8 Å². The second-order valence-electron chi connectivity index (χ2n) is 9.18. The molecule has 10 nitrogen and oxygen atoms in total. The summed E-state index contributed by atoms with van der Waals surface area (Å²) in [5, 5.41) is 9.84. The van der Waals surface area contributed by atoms with Crippen molar-refractivity contribution in [2.24, 2.45) is 0 Å². The first-order valence-electron chi connectivity index (χ1n) is 12.2. The summed E-state index contributed by atoms with van der Waals surface area (Å²) in [6.45, 7) is 7.18. The van der Waals surface area contributed by atoms with Gasteiger partial charge in [-0.2, -0.15) is 0 Å². The van der Waals surface area contributed by atoms with Crippen molar-refractivity contribution in [2.75, 3.05) is 24.7 Å². The number of hydrogen-bond donors (Lipinski definition) is 3. The van der Waals surface area contributed by atoms with Crippen molar-refractivity contribution in [1.29, 1.82) is 0 Å². The number of nitrogens with one attached hydrogen (secondary N) is 3. The second-order valence-corrected chi connectivity index (χ2v) is 9.18. The summed E-state index contributed by atoms with van der Waals surface area (Å²) in [4.78, 5) is 54.2. The summed E-state index contributed by atoms with van der Waals surface area (Å²) < 4.78 is 5.13. The van der Waals surface area contributed by atoms with Gasteiger partial charge in [0.1, 0.15) is 6.61 Å². The van der Waals surface area contributed by atoms with Gasteiger partial charge >= 0.3 is 17.9 Å². The molecular formula is C28H25N5O5. The standard InChI is InChI=1S/C28H25N5O5/c1-29-17-31-26(36)25(35)30-16-19-7-3-5-9-22(19)24(34)32-28(10-11-28)23-15-20(33-12-13-38-27(33)37)14-18-6-2-4-8-21(18)23/h2-9,14-15H,10-13,16-17H2,(H,30,35)(H,31,36)(H,32,34). The van der Waals surface area contributed by atoms with Crippen LogP contribution in [0.15, 0.2) is 60.7 Å². The van der Waals surface area contributed by atoms with Crippen LogP contribution in [0.2, 0.25) is 0 Å². The smallest absolute Gasteiger partial charge is 0.414 e. The molecule has 0 unspecified atom stereocenters. The zero-order valence-corrected chi connectivity index (χ0v) is 20.5. The molecule has 10 heteroatoms. The molecule has 3 N–H and O–H groups in total. The van der Waals surface area contributed by atoms with Gasteiger partial charge in [0, 0.05) is 17.8 Å². The van der Waals surface area contributed by atoms with Crippen molar-refractivity contribution in [3.8, 4) is 0 Å². The molecule has 192 valence electrons. The van der Waals surface area contributed by atoms with Crippen molar-refractivity contribution < 1.29 is 23.9 Å². The average molecular weight is 512 g/mol. The highest BCUT2D eigenvalue weighted by Crippen LogP contribution is 2.49. The minimum atomic E-state index is -0.909. The fraction of sp³-hybridized carbons (Fsp3) is 0.250. The Hall–Kier alpha value is -4.91. The number of carbonyl (C=O) groups is 4. The Bertz CT molecular complexity index is 1490. The molecule has 3 aromatic rings. The third-order valence-corrected chi connectivity index (χ3v) is 6.76. The van der Waals surface area contributed by atoms with Gasteiger partial charge in [0.25, 0.3) is 12.6 Å². The molecule has 0 aromatic heterocycles. The molecule has 0 spiro atoms. The van der Waals surface area contributed by atoms with E-state index in [1.54, 1.807) is 29.2 Å². The molecule has 2 fully saturated rings. The maximum Gasteiger partial charge on any atom is 0.414 e. The molecule has 4 amide bonds. The van der Waals surface area contributed by atoms with E-state index in [4.69, 9.17) is 11.3 Å². The van der Waals surface area contributed by atoms with E-state index in [9.17, 15) is 19.2 Å². The second kappa shape index (κ2) is 10.2. The Morgan fingerprint density at radius 3 is 2.47 bits per heavy atom. The van der Waals surface area contributed by atoms with Crippen molar-refractivity contribution >= 4 is 40.3 Å². The van der Waals surface area contributed by atoms with E-state index in [-0.39, 0.29) is 25.2 Å². The number of ether oxygens (including phenoxy) is 1. The van der Waals surface area contributed by atoms with Crippen molar-refractivity contribution in [2.45, 2.75) is 24.9 Å². The van der Waals surface area contributed by atoms with Gasteiger partial charge in [0.05, 0.1) is 12.1 Å². The van der Waals surface area contributed by atoms with Gasteiger partial charge in [-0.1, -0.05) is 42.5 Å². The van der Waals surface area contributed by atoms with Crippen LogP contribution in [-0.2, 0) is 26.4 Å². The summed E-state index contributed by atoms with van der Waals surface area (Å²) in [6.07, 6.45) is 1.08. The zero-order valence-electron chi connectivity index (χ0n) is 20.5. The predicted octanol–water partition coefficient (Wildman–Crippen LogP) is 2.82. The number of rotatable bonds is 7. The van der Waals surface area contributed by atoms with Crippen LogP contribution in [0.4, 0.5) is 10.5 Å². The van der Waals surface area contributed by atoms with E-state index in [0.717, 1.165) is 34.9 Å². The molecule has 1 saturated carbocycles. The number of fused-ring (bicyclic) bond motifs is 1. The van der Waals surface area contributed by atoms with E-state index in [1.165, 1.54) is 0 Å². The lowest BCUT2D eigenvalue weighted by atomic mass is 9.95. The van der Waals surface area contributed by atoms with Gasteiger partial charge in [0.15, 0.2) is 0 Å². The molecule has 5 rings (SSSR count). The molecule has 38 heavy (non-hydrogen) atoms. The van der Waals surface area contributed by atoms with Crippen LogP contribution in [0.3, 0.4) is 0 Å². The van der Waals surface area contributed by atoms with Gasteiger partial charge in [-0.05, 0) is 52.9 Å². The van der Waals surface area contributed by atoms with E-state index in [2.05, 4.69) is 20.8 Å². The Morgan fingerprint density at radius 2 is 1.74 bits per heavy atom. The van der Waals surface area contributed by atoms with Gasteiger partial charge in [0.2, 0.25) is 0 Å². The number of benzene rings is 3. The van der Waals surface area contributed by atoms with Crippen LogP contribution in [-0.4, -0.2) is 43.6 Å². The molecular weight excluding hydrogens is 486 g/mol. The highest BCUT2D eigenvalue weighted by atomic mass is 16.6. The molecule has 1 aliphatic heterocycles. The molecule has 1 aliphatic carbocycles. The van der Waals surface area contributed by atoms with Crippen LogP contribution in [0.1, 0.15) is 34.3 Å². The summed E-state index contributed by atoms with van der Waals surface area (Å²) in [6, 6.07) is 18.6. The van der Waals surface area contributed by atoms with Gasteiger partial charge in [-0.15, -0.1) is 0 Å². The Balaban J connectivity index is 1.39. The third-order valence-electron chi connectivity index (χ3n) is 6.76. The third kappa shape index (κ3) is 4.86. The van der Waals surface area contributed by atoms with E-state index in [0.29, 0.717) is 24.3 Å². The highest BCUT2D eigenvalue weighted by molar-refractivity contribution is 6.35. The summed E-state index contributed by atoms with van der Waals surface area (Å²) >= 11 is 0. The SMILES string of the molecule is [C-]#[N+]CNC(=O)C(=O)NCc1ccccc1C(=O)NC1(c2cc(N3CCOC3=O)cc3ccccc23)CC1. The predicted molar refractivity (Wildman–Crippen MR) is 139 cm³/mol. The number of carbonyl (C=O) groups excluding carboxylic acids is 4. The normalized spacial score (nSPS) is 15.3. The summed E-state index contributed by atoms with van der Waals surface area (Å²) in [5.41, 5.74) is 1.98. The topological polar surface area (TPSA) is 121 Å². The number of nitrogens with zero attached hydrogens (tertiary/aromatic N) is 2. The van der Waals surface area contributed by atoms with E-state index < -0.39 is 17.4 Å². The van der Waals surface area contributed by atoms with Gasteiger partial charge < -0.3 is 15.4 Å². The molecule has 1 heterocycles. The van der Waals surface area contributed by atoms with Crippen molar-refractivity contribution in [3.63, 3.8) is 0 Å². The Morgan fingerprint density at radius 1 is 1.00 bits per heavy atom. The maximum absolute atomic E-state index is 13.5. The van der Waals surface area contributed by atoms with Gasteiger partial charge in [-0.25, -0.2) is 11.4 Å². The van der Waals surface area contributed by atoms with Crippen LogP contribution >= 0.6 is 0 Å². The lowest BCUT2D eigenvalue weighted by Gasteiger charge is -2.23. The number of cyclic esters (lactones) is 1. The first-order chi connectivity index (χ1) is 18.4. The Kier molecular flexibility index (Phi) is 6.66. The first kappa shape index (κ1) is 24.8. The molecule has 1 saturated heterocycles. The number of amides is 4. The van der Waals surface area contributed by atoms with Crippen LogP contribution in [0.25, 0.3) is 15.6 Å². The minimum Gasteiger partial charge on any atom is -0.447 e. The molecule has 0 bridgehead atoms. The lowest BCUT2D eigenvalue weighted by Crippen LogP contribution is -2.40. The zero-order chi connectivity index (χ0) is 26.7. The summed E-state index contributed by atoms with van der Waals surface area (Å²) in [7, 11) is 0.